The van der Waals surface area contributed by atoms with Crippen molar-refractivity contribution in [3.8, 4) is 17.3 Å². The number of aromatic amines is 1. The largest absolute Gasteiger partial charge is 0.497 e. The molecule has 0 aliphatic heterocycles. The van der Waals surface area contributed by atoms with Crippen molar-refractivity contribution in [1.29, 1.82) is 0 Å². The molecule has 0 bridgehead atoms. The highest BCUT2D eigenvalue weighted by Gasteiger charge is 2.51. The van der Waals surface area contributed by atoms with Gasteiger partial charge in [-0.25, -0.2) is 4.98 Å². The fourth-order valence-electron chi connectivity index (χ4n) is 3.05. The molecule has 0 spiro atoms. The van der Waals surface area contributed by atoms with Gasteiger partial charge in [0.1, 0.15) is 11.4 Å². The van der Waals surface area contributed by atoms with Gasteiger partial charge in [0.25, 0.3) is 0 Å². The standard InChI is InChI=1S/C18H19N5O2/c1-23-9-8-19-16(23)14-11-15(22-21-14)20-17(24)18(6-7-18)12-4-3-5-13(10-12)25-2/h3-5,8-11H,6-7H2,1-2H3,(H2,20,21,22,24). The molecule has 7 nitrogen and oxygen atoms in total. The second-order valence-corrected chi connectivity index (χ2v) is 6.30. The van der Waals surface area contributed by atoms with E-state index < -0.39 is 5.41 Å². The van der Waals surface area contributed by atoms with E-state index in [2.05, 4.69) is 20.5 Å². The van der Waals surface area contributed by atoms with Crippen molar-refractivity contribution in [2.24, 2.45) is 7.05 Å². The maximum absolute atomic E-state index is 12.8. The number of carbonyl (C=O) groups excluding carboxylic acids is 1. The number of carbonyl (C=O) groups is 1. The SMILES string of the molecule is COc1cccc(C2(C(=O)Nc3cc(-c4nccn4C)[nH]n3)CC2)c1. The Morgan fingerprint density at radius 2 is 2.20 bits per heavy atom. The Balaban J connectivity index is 1.54. The number of nitrogens with one attached hydrogen (secondary N) is 2. The van der Waals surface area contributed by atoms with Gasteiger partial charge in [0.15, 0.2) is 11.6 Å². The van der Waals surface area contributed by atoms with Crippen molar-refractivity contribution < 1.29 is 9.53 Å². The number of benzene rings is 1. The number of amides is 1. The zero-order chi connectivity index (χ0) is 17.4. The van der Waals surface area contributed by atoms with Gasteiger partial charge in [-0.1, -0.05) is 12.1 Å². The lowest BCUT2D eigenvalue weighted by molar-refractivity contribution is -0.118. The van der Waals surface area contributed by atoms with E-state index in [1.807, 2.05) is 42.1 Å². The van der Waals surface area contributed by atoms with Crippen LogP contribution in [0.15, 0.2) is 42.7 Å². The first-order valence-corrected chi connectivity index (χ1v) is 8.11. The molecule has 1 aromatic carbocycles. The summed E-state index contributed by atoms with van der Waals surface area (Å²) in [4.78, 5) is 17.1. The molecule has 0 atom stereocenters. The van der Waals surface area contributed by atoms with Crippen molar-refractivity contribution in [3.63, 3.8) is 0 Å². The van der Waals surface area contributed by atoms with Crippen LogP contribution in [-0.4, -0.2) is 32.8 Å². The summed E-state index contributed by atoms with van der Waals surface area (Å²) in [6.45, 7) is 0. The van der Waals surface area contributed by atoms with E-state index in [0.717, 1.165) is 35.7 Å². The number of imidazole rings is 1. The second kappa shape index (κ2) is 5.77. The third-order valence-electron chi connectivity index (χ3n) is 4.69. The van der Waals surface area contributed by atoms with E-state index in [0.29, 0.717) is 5.82 Å². The molecule has 25 heavy (non-hydrogen) atoms. The molecule has 1 saturated carbocycles. The number of anilines is 1. The molecule has 0 radical (unpaired) electrons. The maximum Gasteiger partial charge on any atom is 0.236 e. The van der Waals surface area contributed by atoms with Gasteiger partial charge in [-0.3, -0.25) is 9.89 Å². The third-order valence-corrected chi connectivity index (χ3v) is 4.69. The van der Waals surface area contributed by atoms with Crippen molar-refractivity contribution in [1.82, 2.24) is 19.7 Å². The lowest BCUT2D eigenvalue weighted by Crippen LogP contribution is -2.28. The van der Waals surface area contributed by atoms with Crippen molar-refractivity contribution in [2.75, 3.05) is 12.4 Å². The highest BCUT2D eigenvalue weighted by atomic mass is 16.5. The summed E-state index contributed by atoms with van der Waals surface area (Å²) in [5.74, 6) is 1.98. The van der Waals surface area contributed by atoms with E-state index in [1.165, 1.54) is 0 Å². The van der Waals surface area contributed by atoms with Gasteiger partial charge in [-0.15, -0.1) is 0 Å². The zero-order valence-electron chi connectivity index (χ0n) is 14.1. The number of aryl methyl sites for hydroxylation is 1. The first-order chi connectivity index (χ1) is 12.1. The number of aromatic nitrogens is 4. The van der Waals surface area contributed by atoms with Gasteiger partial charge in [0, 0.05) is 25.5 Å². The Bertz CT molecular complexity index is 923. The van der Waals surface area contributed by atoms with Crippen LogP contribution in [0.25, 0.3) is 11.5 Å². The molecule has 0 saturated heterocycles. The molecule has 1 aliphatic carbocycles. The number of hydrogen-bond acceptors (Lipinski definition) is 4. The second-order valence-electron chi connectivity index (χ2n) is 6.30. The monoisotopic (exact) mass is 337 g/mol. The van der Waals surface area contributed by atoms with E-state index in [-0.39, 0.29) is 5.91 Å². The molecule has 1 aliphatic rings. The van der Waals surface area contributed by atoms with Crippen LogP contribution < -0.4 is 10.1 Å². The van der Waals surface area contributed by atoms with Gasteiger partial charge in [-0.2, -0.15) is 5.10 Å². The number of nitrogens with zero attached hydrogens (tertiary/aromatic N) is 3. The molecule has 2 heterocycles. The van der Waals surface area contributed by atoms with Crippen molar-refractivity contribution in [2.45, 2.75) is 18.3 Å². The zero-order valence-corrected chi connectivity index (χ0v) is 14.1. The van der Waals surface area contributed by atoms with Crippen LogP contribution in [0.5, 0.6) is 5.75 Å². The highest BCUT2D eigenvalue weighted by molar-refractivity contribution is 6.01. The van der Waals surface area contributed by atoms with Crippen LogP contribution >= 0.6 is 0 Å². The fraction of sp³-hybridized carbons (Fsp3) is 0.278. The van der Waals surface area contributed by atoms with E-state index in [9.17, 15) is 4.79 Å². The van der Waals surface area contributed by atoms with Gasteiger partial charge >= 0.3 is 0 Å². The molecular formula is C18H19N5O2. The Kier molecular flexibility index (Phi) is 3.56. The number of hydrogen-bond donors (Lipinski definition) is 2. The normalized spacial score (nSPS) is 15.0. The summed E-state index contributed by atoms with van der Waals surface area (Å²) in [6.07, 6.45) is 5.22. The van der Waals surface area contributed by atoms with Crippen LogP contribution in [0.1, 0.15) is 18.4 Å². The average molecular weight is 337 g/mol. The van der Waals surface area contributed by atoms with Crippen LogP contribution in [0.4, 0.5) is 5.82 Å². The predicted molar refractivity (Wildman–Crippen MR) is 93.3 cm³/mol. The predicted octanol–water partition coefficient (Wildman–Crippen LogP) is 2.49. The van der Waals surface area contributed by atoms with Crippen LogP contribution in [0.2, 0.25) is 0 Å². The summed E-state index contributed by atoms with van der Waals surface area (Å²) in [7, 11) is 3.53. The van der Waals surface area contributed by atoms with E-state index in [4.69, 9.17) is 4.74 Å². The summed E-state index contributed by atoms with van der Waals surface area (Å²) in [5, 5.41) is 10.0. The average Bonchev–Trinajstić information content (AvgIpc) is 3.15. The maximum atomic E-state index is 12.8. The minimum absolute atomic E-state index is 0.0429. The summed E-state index contributed by atoms with van der Waals surface area (Å²) in [5.41, 5.74) is 1.25. The molecule has 4 rings (SSSR count). The molecule has 0 unspecified atom stereocenters. The van der Waals surface area contributed by atoms with Crippen LogP contribution in [0, 0.1) is 0 Å². The minimum atomic E-state index is -0.489. The number of ether oxygens (including phenoxy) is 1. The topological polar surface area (TPSA) is 84.8 Å². The molecule has 2 N–H and O–H groups in total. The third kappa shape index (κ3) is 2.67. The Morgan fingerprint density at radius 1 is 1.36 bits per heavy atom. The molecule has 3 aromatic rings. The number of methoxy groups -OCH3 is 1. The van der Waals surface area contributed by atoms with E-state index >= 15 is 0 Å². The quantitative estimate of drug-likeness (QED) is 0.749. The Labute approximate surface area is 145 Å². The van der Waals surface area contributed by atoms with Gasteiger partial charge in [-0.05, 0) is 30.5 Å². The first kappa shape index (κ1) is 15.4. The molecule has 1 amide bonds. The smallest absolute Gasteiger partial charge is 0.236 e. The van der Waals surface area contributed by atoms with Gasteiger partial charge in [0.05, 0.1) is 12.5 Å². The highest BCUT2D eigenvalue weighted by Crippen LogP contribution is 2.49. The first-order valence-electron chi connectivity index (χ1n) is 8.11. The van der Waals surface area contributed by atoms with E-state index in [1.54, 1.807) is 19.4 Å². The van der Waals surface area contributed by atoms with Gasteiger partial charge in [0.2, 0.25) is 5.91 Å². The lowest BCUT2D eigenvalue weighted by Gasteiger charge is -2.15. The molecule has 7 heteroatoms. The number of rotatable bonds is 5. The molecule has 1 fully saturated rings. The summed E-state index contributed by atoms with van der Waals surface area (Å²) in [6, 6.07) is 9.48. The lowest BCUT2D eigenvalue weighted by atomic mass is 9.95. The summed E-state index contributed by atoms with van der Waals surface area (Å²) >= 11 is 0. The molecule has 2 aromatic heterocycles. The number of H-pyrrole nitrogens is 1. The van der Waals surface area contributed by atoms with Crippen LogP contribution in [0.3, 0.4) is 0 Å². The Hall–Kier alpha value is -3.09. The molecular weight excluding hydrogens is 318 g/mol. The van der Waals surface area contributed by atoms with Gasteiger partial charge < -0.3 is 14.6 Å². The van der Waals surface area contributed by atoms with Crippen LogP contribution in [-0.2, 0) is 17.3 Å². The molecule has 128 valence electrons. The Morgan fingerprint density at radius 3 is 2.88 bits per heavy atom. The van der Waals surface area contributed by atoms with Crippen molar-refractivity contribution in [3.05, 3.63) is 48.3 Å². The summed E-state index contributed by atoms with van der Waals surface area (Å²) < 4.78 is 7.16. The van der Waals surface area contributed by atoms with Crippen molar-refractivity contribution >= 4 is 11.7 Å². The fourth-order valence-corrected chi connectivity index (χ4v) is 3.05. The minimum Gasteiger partial charge on any atom is -0.497 e.